The fraction of sp³-hybridized carbons (Fsp3) is 0.0435. The minimum Gasteiger partial charge on any atom is -0.456 e. The molecule has 3 heterocycles. The fourth-order valence-electron chi connectivity index (χ4n) is 12.8. The lowest BCUT2D eigenvalue weighted by Crippen LogP contribution is -2.14. The zero-order valence-corrected chi connectivity index (χ0v) is 40.4. The summed E-state index contributed by atoms with van der Waals surface area (Å²) in [5.74, 6) is 0. The van der Waals surface area contributed by atoms with Crippen LogP contribution in [0, 0.1) is 0 Å². The first-order valence-corrected chi connectivity index (χ1v) is 25.8. The van der Waals surface area contributed by atoms with Crippen LogP contribution >= 0.6 is 11.3 Å². The van der Waals surface area contributed by atoms with Gasteiger partial charge in [-0.05, 0) is 131 Å². The second kappa shape index (κ2) is 14.6. The van der Waals surface area contributed by atoms with Crippen molar-refractivity contribution in [3.8, 4) is 50.2 Å². The van der Waals surface area contributed by atoms with Crippen molar-refractivity contribution >= 4 is 108 Å². The molecule has 0 saturated heterocycles. The van der Waals surface area contributed by atoms with Gasteiger partial charge in [0.2, 0.25) is 0 Å². The first-order valence-electron chi connectivity index (χ1n) is 25.0. The number of para-hydroxylation sites is 2. The molecule has 15 aromatic rings. The van der Waals surface area contributed by atoms with E-state index >= 15 is 0 Å². The molecule has 0 atom stereocenters. The van der Waals surface area contributed by atoms with Crippen molar-refractivity contribution in [1.82, 2.24) is 4.57 Å². The highest BCUT2D eigenvalue weighted by Gasteiger charge is 2.35. The van der Waals surface area contributed by atoms with Gasteiger partial charge in [-0.2, -0.15) is 0 Å². The van der Waals surface area contributed by atoms with Crippen molar-refractivity contribution in [2.45, 2.75) is 19.3 Å². The van der Waals surface area contributed by atoms with Crippen LogP contribution in [0.2, 0.25) is 0 Å². The Morgan fingerprint density at radius 3 is 1.71 bits per heavy atom. The predicted octanol–water partition coefficient (Wildman–Crippen LogP) is 19.8. The summed E-state index contributed by atoms with van der Waals surface area (Å²) >= 11 is 1.89. The van der Waals surface area contributed by atoms with E-state index in [0.717, 1.165) is 38.7 Å². The summed E-state index contributed by atoms with van der Waals surface area (Å²) in [7, 11) is 0. The Hall–Kier alpha value is -8.76. The second-order valence-electron chi connectivity index (χ2n) is 20.3. The highest BCUT2D eigenvalue weighted by Crippen LogP contribution is 2.51. The third-order valence-corrected chi connectivity index (χ3v) is 17.4. The number of hydrogen-bond donors (Lipinski definition) is 0. The van der Waals surface area contributed by atoms with Gasteiger partial charge >= 0.3 is 0 Å². The second-order valence-corrected chi connectivity index (χ2v) is 21.4. The smallest absolute Gasteiger partial charge is 0.138 e. The zero-order chi connectivity index (χ0) is 47.4. The molecule has 0 saturated carbocycles. The largest absolute Gasteiger partial charge is 0.456 e. The van der Waals surface area contributed by atoms with Gasteiger partial charge in [0.05, 0.1) is 16.7 Å². The molecule has 336 valence electrons. The molecule has 0 bridgehead atoms. The fourth-order valence-corrected chi connectivity index (χ4v) is 14.1. The lowest BCUT2D eigenvalue weighted by atomic mass is 9.82. The van der Waals surface area contributed by atoms with Crippen LogP contribution in [0.5, 0.6) is 0 Å². The molecule has 0 N–H and O–H groups in total. The third kappa shape index (κ3) is 5.54. The summed E-state index contributed by atoms with van der Waals surface area (Å²) in [6.45, 7) is 4.69. The molecule has 16 rings (SSSR count). The summed E-state index contributed by atoms with van der Waals surface area (Å²) in [6.07, 6.45) is 0. The van der Waals surface area contributed by atoms with Crippen molar-refractivity contribution < 1.29 is 4.42 Å². The van der Waals surface area contributed by atoms with Crippen LogP contribution in [0.3, 0.4) is 0 Å². The van der Waals surface area contributed by atoms with Crippen molar-refractivity contribution in [2.24, 2.45) is 0 Å². The Labute approximate surface area is 419 Å². The van der Waals surface area contributed by atoms with Crippen LogP contribution in [0.25, 0.3) is 146 Å². The summed E-state index contributed by atoms with van der Waals surface area (Å²) in [5.41, 5.74) is 17.9. The third-order valence-electron chi connectivity index (χ3n) is 16.2. The standard InChI is InChI=1S/C69H43NOS/c1-69(2)60-23-10-7-18-50(60)57-35-41(28-32-61(57)69)42-29-33-63-58(36-42)51-19-8-11-24-62(51)70(63)44-38-59(67-55-20-9-12-25-64(55)71-65(67)39-44)54-22-13-21-53-52-31-27-43(37-66(52)72-68(53)54)40-26-30-49-47-16-4-3-14-45(47)46-15-5-6-17-48(46)56(49)34-40/h3-39H,1-2H3. The Bertz CT molecular complexity index is 4810. The van der Waals surface area contributed by atoms with E-state index in [1.807, 2.05) is 11.3 Å². The molecule has 0 unspecified atom stereocenters. The monoisotopic (exact) mass is 933 g/mol. The summed E-state index contributed by atoms with van der Waals surface area (Å²) in [6, 6.07) is 83.6. The highest BCUT2D eigenvalue weighted by molar-refractivity contribution is 7.26. The molecule has 0 amide bonds. The minimum atomic E-state index is -0.0287. The highest BCUT2D eigenvalue weighted by atomic mass is 32.1. The van der Waals surface area contributed by atoms with Gasteiger partial charge in [0.15, 0.2) is 0 Å². The molecule has 1 aliphatic carbocycles. The molecule has 0 aliphatic heterocycles. The van der Waals surface area contributed by atoms with Gasteiger partial charge in [-0.1, -0.05) is 184 Å². The Morgan fingerprint density at radius 2 is 0.903 bits per heavy atom. The quantitative estimate of drug-likeness (QED) is 0.161. The SMILES string of the molecule is CC1(C)c2ccccc2-c2cc(-c3ccc4c(c3)c3ccccc3n4-c3cc(-c4cccc5c4sc4cc(-c6ccc7c8ccccc8c8ccccc8c7c6)ccc45)c4c(c3)oc3ccccc34)ccc21. The number of thiophene rings is 1. The molecular formula is C69H43NOS. The molecule has 0 radical (unpaired) electrons. The number of nitrogens with zero attached hydrogens (tertiary/aromatic N) is 1. The molecule has 0 spiro atoms. The van der Waals surface area contributed by atoms with Gasteiger partial charge < -0.3 is 8.98 Å². The van der Waals surface area contributed by atoms with Crippen LogP contribution in [-0.2, 0) is 5.41 Å². The van der Waals surface area contributed by atoms with E-state index in [-0.39, 0.29) is 5.41 Å². The number of fused-ring (bicyclic) bond motifs is 18. The van der Waals surface area contributed by atoms with E-state index < -0.39 is 0 Å². The van der Waals surface area contributed by atoms with Gasteiger partial charge in [0.1, 0.15) is 11.2 Å². The van der Waals surface area contributed by atoms with E-state index in [4.69, 9.17) is 4.42 Å². The molecule has 3 aromatic heterocycles. The lowest BCUT2D eigenvalue weighted by Gasteiger charge is -2.21. The van der Waals surface area contributed by atoms with Gasteiger partial charge in [-0.15, -0.1) is 11.3 Å². The molecular weight excluding hydrogens is 891 g/mol. The van der Waals surface area contributed by atoms with Crippen molar-refractivity contribution in [1.29, 1.82) is 0 Å². The Balaban J connectivity index is 0.869. The van der Waals surface area contributed by atoms with E-state index in [9.17, 15) is 0 Å². The van der Waals surface area contributed by atoms with Crippen molar-refractivity contribution in [3.05, 3.63) is 236 Å². The average molecular weight is 934 g/mol. The van der Waals surface area contributed by atoms with Crippen LogP contribution in [-0.4, -0.2) is 4.57 Å². The first-order chi connectivity index (χ1) is 35.4. The molecule has 0 fully saturated rings. The number of benzene rings is 12. The molecule has 2 nitrogen and oxygen atoms in total. The maximum Gasteiger partial charge on any atom is 0.138 e. The summed E-state index contributed by atoms with van der Waals surface area (Å²) < 4.78 is 11.8. The number of rotatable bonds is 4. The van der Waals surface area contributed by atoms with Crippen LogP contribution < -0.4 is 0 Å². The first kappa shape index (κ1) is 40.0. The number of aromatic nitrogens is 1. The van der Waals surface area contributed by atoms with Gasteiger partial charge in [-0.25, -0.2) is 0 Å². The number of furan rings is 1. The van der Waals surface area contributed by atoms with Gasteiger partial charge in [0, 0.05) is 58.8 Å². The number of hydrogen-bond acceptors (Lipinski definition) is 2. The Morgan fingerprint density at radius 1 is 0.347 bits per heavy atom. The molecule has 12 aromatic carbocycles. The van der Waals surface area contributed by atoms with Crippen molar-refractivity contribution in [2.75, 3.05) is 0 Å². The molecule has 1 aliphatic rings. The van der Waals surface area contributed by atoms with E-state index in [0.29, 0.717) is 0 Å². The van der Waals surface area contributed by atoms with Crippen LogP contribution in [0.1, 0.15) is 25.0 Å². The van der Waals surface area contributed by atoms with Gasteiger partial charge in [-0.3, -0.25) is 0 Å². The predicted molar refractivity (Wildman–Crippen MR) is 307 cm³/mol. The van der Waals surface area contributed by atoms with Crippen LogP contribution in [0.4, 0.5) is 0 Å². The van der Waals surface area contributed by atoms with E-state index in [1.54, 1.807) is 0 Å². The minimum absolute atomic E-state index is 0.0287. The Kier molecular flexibility index (Phi) is 8.14. The van der Waals surface area contributed by atoms with Crippen molar-refractivity contribution in [3.63, 3.8) is 0 Å². The molecule has 72 heavy (non-hydrogen) atoms. The normalized spacial score (nSPS) is 13.2. The van der Waals surface area contributed by atoms with Gasteiger partial charge in [0.25, 0.3) is 0 Å². The maximum atomic E-state index is 6.84. The topological polar surface area (TPSA) is 18.1 Å². The molecule has 3 heteroatoms. The lowest BCUT2D eigenvalue weighted by molar-refractivity contribution is 0.660. The summed E-state index contributed by atoms with van der Waals surface area (Å²) in [4.78, 5) is 0. The summed E-state index contributed by atoms with van der Waals surface area (Å²) in [5, 5.41) is 15.0. The van der Waals surface area contributed by atoms with Crippen LogP contribution in [0.15, 0.2) is 229 Å². The maximum absolute atomic E-state index is 6.84. The van der Waals surface area contributed by atoms with E-state index in [2.05, 4.69) is 243 Å². The van der Waals surface area contributed by atoms with E-state index in [1.165, 1.54) is 119 Å². The zero-order valence-electron chi connectivity index (χ0n) is 39.6. The average Bonchev–Trinajstić information content (AvgIpc) is 4.16.